The minimum Gasteiger partial charge on any atom is -1.00 e. The normalized spacial score (nSPS) is 10.3. The summed E-state index contributed by atoms with van der Waals surface area (Å²) >= 11 is 0. The molecule has 0 amide bonds. The minimum atomic E-state index is 0. The molecule has 0 aliphatic heterocycles. The molecule has 0 spiro atoms. The van der Waals surface area contributed by atoms with E-state index in [1.807, 2.05) is 0 Å². The summed E-state index contributed by atoms with van der Waals surface area (Å²) in [5.41, 5.74) is 37.8. The van der Waals surface area contributed by atoms with E-state index in [1.54, 1.807) is 0 Å². The van der Waals surface area contributed by atoms with E-state index in [0.29, 0.717) is 0 Å². The molecule has 0 nitrogen and oxygen atoms in total. The van der Waals surface area contributed by atoms with Gasteiger partial charge in [0.1, 0.15) is 0 Å². The van der Waals surface area contributed by atoms with Gasteiger partial charge in [-0.05, 0) is 169 Å². The molecular weight excluding hydrogens is 1860 g/mol. The first-order chi connectivity index (χ1) is 55.1. The third kappa shape index (κ3) is 22.7. The number of benzene rings is 14. The number of aryl methyl sites for hydroxylation is 14. The third-order valence-electron chi connectivity index (χ3n) is 23.2. The van der Waals surface area contributed by atoms with Crippen molar-refractivity contribution in [1.82, 2.24) is 0 Å². The smallest absolute Gasteiger partial charge is 1.00 e. The van der Waals surface area contributed by atoms with Crippen LogP contribution in [-0.4, -0.2) is 0 Å². The van der Waals surface area contributed by atoms with E-state index in [-0.39, 0.29) is 153 Å². The molecule has 0 radical (unpaired) electrons. The summed E-state index contributed by atoms with van der Waals surface area (Å²) in [5.74, 6) is 0. The second-order valence-electron chi connectivity index (χ2n) is 32.1. The van der Waals surface area contributed by atoms with Crippen LogP contribution in [0.1, 0.15) is 89.0 Å². The average molecular weight is 1960 g/mol. The Morgan fingerprint density at radius 1 is 0.163 bits per heavy atom. The molecule has 0 aromatic heterocycles. The summed E-state index contributed by atoms with van der Waals surface area (Å²) < 4.78 is 0. The van der Waals surface area contributed by atoms with Crippen LogP contribution in [0.25, 0.3) is 153 Å². The molecular formula is C114H102Cl6Zr3. The fourth-order valence-corrected chi connectivity index (χ4v) is 17.9. The summed E-state index contributed by atoms with van der Waals surface area (Å²) in [6.07, 6.45) is 0. The molecule has 0 atom stereocenters. The molecule has 0 heterocycles. The number of rotatable bonds is 6. The van der Waals surface area contributed by atoms with Crippen molar-refractivity contribution in [2.75, 3.05) is 0 Å². The van der Waals surface area contributed by atoms with Gasteiger partial charge in [0.25, 0.3) is 0 Å². The van der Waals surface area contributed by atoms with E-state index in [4.69, 9.17) is 0 Å². The Hall–Kier alpha value is -8.35. The zero-order valence-electron chi connectivity index (χ0n) is 72.9. The van der Waals surface area contributed by atoms with Gasteiger partial charge in [-0.1, -0.05) is 268 Å². The molecule has 0 saturated heterocycles. The SMILES string of the molecule is Cc1cc(C)c(-c2cccc3[cH-]c(C)cc23)c(C)c1.Cc1cc(C)c(-c2cccc3[cH-]c(C)cc23)c(C)c1.Cc1cc2c(-c3cccc(C)c3C)cccc2[cH-]1.Cc1cc2c(-c3cccc(C)c3C)cccc2[cH-]1.Cc1cc2c(-c3cccc4ccccc34)cccc2[cH-]1.Cc1cc2c(-c3cccc4ccccc34)cccc2[cH-]1.[Cl-].[Cl-].[Cl-].[Cl-].[Cl-].[Cl-].[Zr+4].[Zr+4].[Zr+4]. The van der Waals surface area contributed by atoms with Crippen LogP contribution in [0.15, 0.2) is 328 Å². The molecule has 0 fully saturated rings. The Morgan fingerprint density at radius 2 is 0.350 bits per heavy atom. The van der Waals surface area contributed by atoms with Gasteiger partial charge < -0.3 is 74.4 Å². The van der Waals surface area contributed by atoms with Gasteiger partial charge >= 0.3 is 78.6 Å². The number of halogens is 6. The van der Waals surface area contributed by atoms with Crippen molar-refractivity contribution in [1.29, 1.82) is 0 Å². The summed E-state index contributed by atoms with van der Waals surface area (Å²) in [5, 5.41) is 21.4. The van der Waals surface area contributed by atoms with Gasteiger partial charge in [0.15, 0.2) is 0 Å². The van der Waals surface area contributed by atoms with Gasteiger partial charge in [-0.2, -0.15) is 36.4 Å². The Morgan fingerprint density at radius 3 is 0.610 bits per heavy atom. The van der Waals surface area contributed by atoms with Crippen LogP contribution >= 0.6 is 0 Å². The van der Waals surface area contributed by atoms with Gasteiger partial charge in [0.05, 0.1) is 0 Å². The maximum Gasteiger partial charge on any atom is 4.00 e. The largest absolute Gasteiger partial charge is 4.00 e. The number of hydrogen-bond acceptors (Lipinski definition) is 0. The predicted octanol–water partition coefficient (Wildman–Crippen LogP) is 14.6. The molecule has 0 N–H and O–H groups in total. The Labute approximate surface area is 824 Å². The van der Waals surface area contributed by atoms with Crippen LogP contribution in [0.2, 0.25) is 0 Å². The van der Waals surface area contributed by atoms with Crippen LogP contribution < -0.4 is 74.4 Å². The molecule has 20 rings (SSSR count). The van der Waals surface area contributed by atoms with Crippen molar-refractivity contribution in [2.45, 2.75) is 111 Å². The van der Waals surface area contributed by atoms with Gasteiger partial charge in [0, 0.05) is 0 Å². The molecule has 123 heavy (non-hydrogen) atoms. The van der Waals surface area contributed by atoms with E-state index in [9.17, 15) is 0 Å². The van der Waals surface area contributed by atoms with Crippen LogP contribution in [-0.2, 0) is 78.6 Å². The minimum absolute atomic E-state index is 0. The average Bonchev–Trinajstić information content (AvgIpc) is 1.78. The van der Waals surface area contributed by atoms with Crippen molar-refractivity contribution in [3.8, 4) is 66.8 Å². The third-order valence-corrected chi connectivity index (χ3v) is 23.2. The summed E-state index contributed by atoms with van der Waals surface area (Å²) in [6.45, 7) is 34.9. The van der Waals surface area contributed by atoms with Crippen LogP contribution in [0.4, 0.5) is 0 Å². The standard InChI is InChI=1S/2C20H15.2C19H19.2C18H17.6ClH.3Zr/c2*1-14-12-16-8-5-11-19(20(16)13-14)18-10-4-7-15-6-2-3-9-17(15)18;2*1-12-8-14(3)19(15(4)9-12)17-7-5-6-16-10-13(2)11-18(16)17;2*1-12-10-15-7-5-9-17(18(15)11-12)16-8-4-6-13(2)14(16)3;;;;;;;;;/h2*2-13H,1H3;2*5-11H,1-4H3;2*4-11H,1-3H3;6*1H;;;/q6*-1;;;;;;;3*+4/p-6. The first-order valence-corrected chi connectivity index (χ1v) is 40.3. The Kier molecular flexibility index (Phi) is 38.4. The molecule has 20 aromatic rings. The van der Waals surface area contributed by atoms with Gasteiger partial charge in [0.2, 0.25) is 0 Å². The second-order valence-corrected chi connectivity index (χ2v) is 32.1. The van der Waals surface area contributed by atoms with Gasteiger partial charge in [-0.3, -0.25) is 0 Å². The molecule has 0 bridgehead atoms. The van der Waals surface area contributed by atoms with Crippen molar-refractivity contribution in [2.24, 2.45) is 0 Å². The second kappa shape index (κ2) is 45.7. The predicted molar refractivity (Wildman–Crippen MR) is 501 cm³/mol. The van der Waals surface area contributed by atoms with Crippen molar-refractivity contribution < 1.29 is 153 Å². The van der Waals surface area contributed by atoms with Crippen molar-refractivity contribution in [3.63, 3.8) is 0 Å². The van der Waals surface area contributed by atoms with E-state index in [1.165, 1.54) is 242 Å². The number of fused-ring (bicyclic) bond motifs is 8. The Bertz CT molecular complexity index is 6490. The van der Waals surface area contributed by atoms with E-state index >= 15 is 0 Å². The molecule has 0 aliphatic carbocycles. The monoisotopic (exact) mass is 1950 g/mol. The maximum absolute atomic E-state index is 2.30. The first kappa shape index (κ1) is 103. The molecule has 9 heteroatoms. The van der Waals surface area contributed by atoms with E-state index in [2.05, 4.69) is 438 Å². The number of hydrogen-bond donors (Lipinski definition) is 0. The van der Waals surface area contributed by atoms with E-state index in [0.717, 1.165) is 0 Å². The Balaban J connectivity index is 0.000000225. The zero-order chi connectivity index (χ0) is 79.6. The van der Waals surface area contributed by atoms with Crippen LogP contribution in [0, 0.1) is 111 Å². The summed E-state index contributed by atoms with van der Waals surface area (Å²) in [6, 6.07) is 119. The fourth-order valence-electron chi connectivity index (χ4n) is 17.9. The maximum atomic E-state index is 2.30. The molecule has 0 aliphatic rings. The van der Waals surface area contributed by atoms with Crippen LogP contribution in [0.3, 0.4) is 0 Å². The quantitative estimate of drug-likeness (QED) is 0.146. The van der Waals surface area contributed by atoms with Crippen molar-refractivity contribution in [3.05, 3.63) is 417 Å². The molecule has 612 valence electrons. The summed E-state index contributed by atoms with van der Waals surface area (Å²) in [4.78, 5) is 0. The topological polar surface area (TPSA) is 0 Å². The molecule has 20 aromatic carbocycles. The molecule has 0 unspecified atom stereocenters. The molecule has 0 saturated carbocycles. The van der Waals surface area contributed by atoms with Crippen molar-refractivity contribution >= 4 is 86.2 Å². The van der Waals surface area contributed by atoms with E-state index < -0.39 is 0 Å². The fraction of sp³-hybridized carbons (Fsp3) is 0.140. The zero-order valence-corrected chi connectivity index (χ0v) is 84.9. The summed E-state index contributed by atoms with van der Waals surface area (Å²) in [7, 11) is 0. The van der Waals surface area contributed by atoms with Crippen LogP contribution in [0.5, 0.6) is 0 Å². The van der Waals surface area contributed by atoms with Gasteiger partial charge in [-0.15, -0.1) is 207 Å². The first-order valence-electron chi connectivity index (χ1n) is 40.3. The van der Waals surface area contributed by atoms with Gasteiger partial charge in [-0.25, -0.2) is 0 Å².